The van der Waals surface area contributed by atoms with Gasteiger partial charge < -0.3 is 14.6 Å². The van der Waals surface area contributed by atoms with Crippen molar-refractivity contribution in [2.45, 2.75) is 24.8 Å². The first-order valence-electron chi connectivity index (χ1n) is 17.4. The Bertz CT molecular complexity index is 2150. The minimum Gasteiger partial charge on any atom is -0.502 e. The molecule has 1 aliphatic heterocycles. The predicted molar refractivity (Wildman–Crippen MR) is 197 cm³/mol. The third-order valence-electron chi connectivity index (χ3n) is 11.4. The van der Waals surface area contributed by atoms with E-state index in [9.17, 15) is 14.7 Å². The average Bonchev–Trinajstić information content (AvgIpc) is 3.78. The number of phenols is 1. The summed E-state index contributed by atoms with van der Waals surface area (Å²) in [6.07, 6.45) is 7.96. The Balaban J connectivity index is 1.32. The van der Waals surface area contributed by atoms with Gasteiger partial charge >= 0.3 is 0 Å². The number of phenolic OH excluding ortho intramolecular Hbond substituents is 1. The van der Waals surface area contributed by atoms with Crippen molar-refractivity contribution in [1.29, 1.82) is 0 Å². The first-order chi connectivity index (χ1) is 25.3. The number of rotatable bonds is 8. The normalized spacial score (nSPS) is 26.8. The van der Waals surface area contributed by atoms with Gasteiger partial charge in [-0.1, -0.05) is 90.5 Å². The van der Waals surface area contributed by atoms with Gasteiger partial charge in [0.05, 0.1) is 38.0 Å². The molecule has 1 N–H and O–H groups in total. The number of imide groups is 1. The van der Waals surface area contributed by atoms with Gasteiger partial charge in [0, 0.05) is 22.3 Å². The van der Waals surface area contributed by atoms with E-state index in [1.165, 1.54) is 36.5 Å². The molecule has 3 aliphatic carbocycles. The molecule has 4 aromatic rings. The number of hydrogen-bond acceptors (Lipinski definition) is 8. The summed E-state index contributed by atoms with van der Waals surface area (Å²) in [6, 6.07) is 25.9. The van der Waals surface area contributed by atoms with Crippen LogP contribution in [0.25, 0.3) is 11.6 Å². The number of carbonyl (C=O) groups excluding carboxylic acids is 4. The molecular formula is C43H37NO7S. The van der Waals surface area contributed by atoms with Crippen molar-refractivity contribution in [2.24, 2.45) is 29.6 Å². The molecule has 0 bridgehead atoms. The van der Waals surface area contributed by atoms with E-state index in [1.54, 1.807) is 12.1 Å². The van der Waals surface area contributed by atoms with Crippen LogP contribution in [0.15, 0.2) is 114 Å². The van der Waals surface area contributed by atoms with Crippen LogP contribution in [0.3, 0.4) is 0 Å². The molecule has 2 heterocycles. The van der Waals surface area contributed by atoms with Crippen molar-refractivity contribution >= 4 is 46.4 Å². The van der Waals surface area contributed by atoms with E-state index in [0.29, 0.717) is 28.7 Å². The lowest BCUT2D eigenvalue weighted by Gasteiger charge is -2.54. The van der Waals surface area contributed by atoms with Gasteiger partial charge in [0.15, 0.2) is 23.1 Å². The number of nitrogens with zero attached hydrogens (tertiary/aromatic N) is 1. The molecule has 3 aromatic carbocycles. The number of methoxy groups -OCH3 is 2. The van der Waals surface area contributed by atoms with Crippen molar-refractivity contribution in [2.75, 3.05) is 14.2 Å². The number of amides is 2. The van der Waals surface area contributed by atoms with E-state index >= 15 is 9.59 Å². The molecule has 1 saturated heterocycles. The van der Waals surface area contributed by atoms with E-state index in [-0.39, 0.29) is 53.6 Å². The van der Waals surface area contributed by atoms with Gasteiger partial charge in [-0.25, -0.2) is 0 Å². The summed E-state index contributed by atoms with van der Waals surface area (Å²) in [5.74, 6) is -3.57. The Kier molecular flexibility index (Phi) is 8.54. The molecule has 1 saturated carbocycles. The molecule has 0 unspecified atom stereocenters. The zero-order valence-electron chi connectivity index (χ0n) is 28.7. The lowest BCUT2D eigenvalue weighted by Crippen LogP contribution is -2.59. The minimum atomic E-state index is -1.32. The zero-order chi connectivity index (χ0) is 36.1. The monoisotopic (exact) mass is 711 g/mol. The van der Waals surface area contributed by atoms with E-state index in [1.807, 2.05) is 96.4 Å². The molecule has 4 aliphatic rings. The van der Waals surface area contributed by atoms with E-state index in [4.69, 9.17) is 9.47 Å². The molecule has 8 rings (SSSR count). The largest absolute Gasteiger partial charge is 0.502 e. The van der Waals surface area contributed by atoms with Crippen LogP contribution in [-0.4, -0.2) is 47.6 Å². The number of aromatic hydroxyl groups is 1. The summed E-state index contributed by atoms with van der Waals surface area (Å²) in [5.41, 5.74) is 1.93. The van der Waals surface area contributed by atoms with Crippen molar-refractivity contribution in [3.05, 3.63) is 136 Å². The maximum Gasteiger partial charge on any atom is 0.234 e. The van der Waals surface area contributed by atoms with E-state index < -0.39 is 35.0 Å². The Morgan fingerprint density at radius 3 is 2.23 bits per heavy atom. The molecule has 262 valence electrons. The van der Waals surface area contributed by atoms with Gasteiger partial charge in [-0.2, -0.15) is 0 Å². The number of likely N-dealkylation sites (tertiary alicyclic amines) is 1. The first-order valence-corrected chi connectivity index (χ1v) is 18.3. The molecule has 52 heavy (non-hydrogen) atoms. The number of benzene rings is 3. The SMILES string of the molecule is COc1cc(C=C[C@H]2C3=CC[C@@H]4C(=O)N(Cc5cccs5)C(=O)[C@@H]4[C@@H]3C[C@H]3C(=O)C(c4ccccc4)=CC(=O)[C@@]23c2ccccc2)cc(OC)c1O. The summed E-state index contributed by atoms with van der Waals surface area (Å²) in [5, 5.41) is 12.5. The summed E-state index contributed by atoms with van der Waals surface area (Å²) in [7, 11) is 2.91. The van der Waals surface area contributed by atoms with Crippen LogP contribution in [0.1, 0.15) is 34.4 Å². The number of ether oxygens (including phenoxy) is 2. The third kappa shape index (κ3) is 5.17. The highest BCUT2D eigenvalue weighted by Crippen LogP contribution is 2.61. The van der Waals surface area contributed by atoms with Crippen molar-refractivity contribution in [3.8, 4) is 17.2 Å². The third-order valence-corrected chi connectivity index (χ3v) is 12.3. The number of hydrogen-bond donors (Lipinski definition) is 1. The smallest absolute Gasteiger partial charge is 0.234 e. The maximum absolute atomic E-state index is 15.1. The minimum absolute atomic E-state index is 0.134. The highest BCUT2D eigenvalue weighted by atomic mass is 32.1. The van der Waals surface area contributed by atoms with E-state index in [2.05, 4.69) is 0 Å². The topological polar surface area (TPSA) is 110 Å². The maximum atomic E-state index is 15.1. The number of Topliss-reactive ketones (excluding diaryl/α,β-unsaturated/α-hetero) is 1. The second kappa shape index (κ2) is 13.2. The Hall–Kier alpha value is -5.54. The zero-order valence-corrected chi connectivity index (χ0v) is 29.5. The second-order valence-electron chi connectivity index (χ2n) is 13.8. The Morgan fingerprint density at radius 2 is 1.58 bits per heavy atom. The van der Waals surface area contributed by atoms with Gasteiger partial charge in [-0.15, -0.1) is 11.3 Å². The number of fused-ring (bicyclic) bond motifs is 4. The number of ketones is 2. The standard InChI is InChI=1S/C43H37NO7S/c1-50-35-20-25(21-36(51-2)40(35)47)15-18-33-29-16-17-30-38(42(49)44(41(30)48)24-28-14-9-19-52-28)32(29)22-34-39(46)31(26-10-5-3-6-11-26)23-37(45)43(33,34)27-12-7-4-8-13-27/h3-16,18-21,23,30,32-34,38,47H,17,22,24H2,1-2H3/t30-,32+,33-,34-,38-,43-/m0/s1. The summed E-state index contributed by atoms with van der Waals surface area (Å²) in [6.45, 7) is 0.216. The number of allylic oxidation sites excluding steroid dienone is 5. The molecular weight excluding hydrogens is 675 g/mol. The molecule has 8 nitrogen and oxygen atoms in total. The molecule has 2 amide bonds. The van der Waals surface area contributed by atoms with Gasteiger partial charge in [0.2, 0.25) is 17.6 Å². The molecule has 2 fully saturated rings. The van der Waals surface area contributed by atoms with Gasteiger partial charge in [0.1, 0.15) is 0 Å². The average molecular weight is 712 g/mol. The van der Waals surface area contributed by atoms with E-state index in [0.717, 1.165) is 10.5 Å². The van der Waals surface area contributed by atoms with Crippen LogP contribution in [0.5, 0.6) is 17.2 Å². The molecule has 9 heteroatoms. The van der Waals surface area contributed by atoms with Crippen LogP contribution < -0.4 is 9.47 Å². The fourth-order valence-corrected chi connectivity index (χ4v) is 9.81. The fraction of sp³-hybridized carbons (Fsp3) is 0.256. The lowest BCUT2D eigenvalue weighted by molar-refractivity contribution is -0.141. The van der Waals surface area contributed by atoms with Crippen LogP contribution in [0.4, 0.5) is 0 Å². The summed E-state index contributed by atoms with van der Waals surface area (Å²) >= 11 is 1.50. The Labute approximate surface area is 305 Å². The lowest BCUT2D eigenvalue weighted by atomic mass is 9.45. The fourth-order valence-electron chi connectivity index (χ4n) is 9.12. The van der Waals surface area contributed by atoms with Crippen molar-refractivity contribution in [1.82, 2.24) is 4.90 Å². The molecule has 0 spiro atoms. The number of thiophene rings is 1. The highest BCUT2D eigenvalue weighted by Gasteiger charge is 2.65. The van der Waals surface area contributed by atoms with Crippen molar-refractivity contribution < 1.29 is 33.8 Å². The Morgan fingerprint density at radius 1 is 0.885 bits per heavy atom. The van der Waals surface area contributed by atoms with Gasteiger partial charge in [-0.3, -0.25) is 24.1 Å². The predicted octanol–water partition coefficient (Wildman–Crippen LogP) is 7.04. The van der Waals surface area contributed by atoms with Crippen LogP contribution >= 0.6 is 11.3 Å². The highest BCUT2D eigenvalue weighted by molar-refractivity contribution is 7.09. The van der Waals surface area contributed by atoms with Crippen LogP contribution in [0.2, 0.25) is 0 Å². The second-order valence-corrected chi connectivity index (χ2v) is 14.8. The van der Waals surface area contributed by atoms with Crippen LogP contribution in [-0.2, 0) is 31.1 Å². The number of carbonyl (C=O) groups is 4. The quantitative estimate of drug-likeness (QED) is 0.154. The molecule has 6 atom stereocenters. The molecule has 0 radical (unpaired) electrons. The van der Waals surface area contributed by atoms with Crippen molar-refractivity contribution in [3.63, 3.8) is 0 Å². The summed E-state index contributed by atoms with van der Waals surface area (Å²) in [4.78, 5) is 60.7. The van der Waals surface area contributed by atoms with Gasteiger partial charge in [-0.05, 0) is 65.1 Å². The van der Waals surface area contributed by atoms with Gasteiger partial charge in [0.25, 0.3) is 0 Å². The summed E-state index contributed by atoms with van der Waals surface area (Å²) < 4.78 is 10.9. The van der Waals surface area contributed by atoms with Crippen LogP contribution in [0, 0.1) is 29.6 Å². The first kappa shape index (κ1) is 33.6. The molecule has 1 aromatic heterocycles.